The van der Waals surface area contributed by atoms with Crippen molar-refractivity contribution >= 4 is 11.6 Å². The number of hydrogen-bond acceptors (Lipinski definition) is 4. The number of rotatable bonds is 8. The summed E-state index contributed by atoms with van der Waals surface area (Å²) >= 11 is 0. The van der Waals surface area contributed by atoms with Gasteiger partial charge in [-0.25, -0.2) is 0 Å². The molecule has 1 aliphatic rings. The van der Waals surface area contributed by atoms with Crippen molar-refractivity contribution in [2.75, 3.05) is 18.5 Å². The van der Waals surface area contributed by atoms with Crippen molar-refractivity contribution in [1.29, 1.82) is 0 Å². The number of carbonyl (C=O) groups is 1. The van der Waals surface area contributed by atoms with Gasteiger partial charge in [0, 0.05) is 19.2 Å². The molecule has 6 nitrogen and oxygen atoms in total. The molecule has 1 fully saturated rings. The number of anilines is 1. The first kappa shape index (κ1) is 16.0. The lowest BCUT2D eigenvalue weighted by Crippen LogP contribution is -2.15. The Morgan fingerprint density at radius 3 is 3.19 bits per heavy atom. The minimum absolute atomic E-state index is 0.0375. The van der Waals surface area contributed by atoms with Crippen molar-refractivity contribution in [3.63, 3.8) is 0 Å². The number of carbonyl (C=O) groups excluding carboxylic acids is 1. The molecule has 0 spiro atoms. The largest absolute Gasteiger partial charge is 0.376 e. The van der Waals surface area contributed by atoms with E-state index in [0.29, 0.717) is 18.9 Å². The lowest BCUT2D eigenvalue weighted by Gasteiger charge is -2.09. The van der Waals surface area contributed by atoms with Crippen molar-refractivity contribution < 1.29 is 9.53 Å². The normalized spacial score (nSPS) is 19.6. The summed E-state index contributed by atoms with van der Waals surface area (Å²) < 4.78 is 7.41. The van der Waals surface area contributed by atoms with Gasteiger partial charge >= 0.3 is 0 Å². The van der Waals surface area contributed by atoms with E-state index >= 15 is 0 Å². The third-order valence-electron chi connectivity index (χ3n) is 3.86. The highest BCUT2D eigenvalue weighted by atomic mass is 16.5. The molecule has 118 valence electrons. The zero-order chi connectivity index (χ0) is 15.1. The second-order valence-corrected chi connectivity index (χ2v) is 5.86. The van der Waals surface area contributed by atoms with Crippen LogP contribution in [0.3, 0.4) is 0 Å². The van der Waals surface area contributed by atoms with Crippen LogP contribution >= 0.6 is 0 Å². The number of ether oxygens (including phenoxy) is 1. The zero-order valence-corrected chi connectivity index (χ0v) is 12.8. The summed E-state index contributed by atoms with van der Waals surface area (Å²) in [5, 5.41) is 7.15. The lowest BCUT2D eigenvalue weighted by molar-refractivity contribution is -0.116. The Hall–Kier alpha value is -1.40. The van der Waals surface area contributed by atoms with Gasteiger partial charge < -0.3 is 15.8 Å². The highest BCUT2D eigenvalue weighted by Crippen LogP contribution is 2.15. The summed E-state index contributed by atoms with van der Waals surface area (Å²) in [6, 6.07) is 0. The molecule has 1 aromatic heterocycles. The molecule has 0 bridgehead atoms. The topological polar surface area (TPSA) is 82.2 Å². The van der Waals surface area contributed by atoms with Crippen molar-refractivity contribution in [3.05, 3.63) is 12.4 Å². The molecule has 0 aromatic carbocycles. The number of nitrogens with two attached hydrogens (primary N) is 1. The highest BCUT2D eigenvalue weighted by molar-refractivity contribution is 5.90. The minimum Gasteiger partial charge on any atom is -0.376 e. The minimum atomic E-state index is 0.0375. The molecule has 0 aliphatic carbocycles. The van der Waals surface area contributed by atoms with Gasteiger partial charge in [0.2, 0.25) is 5.91 Å². The maximum absolute atomic E-state index is 11.9. The first-order valence-corrected chi connectivity index (χ1v) is 7.81. The van der Waals surface area contributed by atoms with Crippen molar-refractivity contribution in [2.24, 2.45) is 11.7 Å². The van der Waals surface area contributed by atoms with Crippen LogP contribution in [0.15, 0.2) is 12.4 Å². The molecular formula is C15H26N4O2. The number of hydrogen-bond donors (Lipinski definition) is 2. The average molecular weight is 294 g/mol. The maximum atomic E-state index is 11.9. The van der Waals surface area contributed by atoms with Crippen molar-refractivity contribution in [3.8, 4) is 0 Å². The Kier molecular flexibility index (Phi) is 6.20. The van der Waals surface area contributed by atoms with Gasteiger partial charge in [0.15, 0.2) is 0 Å². The number of aromatic nitrogens is 2. The van der Waals surface area contributed by atoms with E-state index in [-0.39, 0.29) is 12.0 Å². The molecule has 1 saturated heterocycles. The zero-order valence-electron chi connectivity index (χ0n) is 12.8. The summed E-state index contributed by atoms with van der Waals surface area (Å²) in [6.07, 6.45) is 8.37. The van der Waals surface area contributed by atoms with Crippen LogP contribution in [-0.4, -0.2) is 34.9 Å². The summed E-state index contributed by atoms with van der Waals surface area (Å²) in [5.41, 5.74) is 6.26. The van der Waals surface area contributed by atoms with E-state index in [9.17, 15) is 4.79 Å². The van der Waals surface area contributed by atoms with Gasteiger partial charge in [-0.15, -0.1) is 0 Å². The smallest absolute Gasteiger partial charge is 0.224 e. The van der Waals surface area contributed by atoms with Crippen LogP contribution in [-0.2, 0) is 16.1 Å². The van der Waals surface area contributed by atoms with Gasteiger partial charge in [0.25, 0.3) is 0 Å². The molecule has 2 rings (SSSR count). The SMILES string of the molecule is CC(CCN)CCC(=O)Nc1cnn(CC2CCCO2)c1. The summed E-state index contributed by atoms with van der Waals surface area (Å²) in [4.78, 5) is 11.9. The molecule has 3 N–H and O–H groups in total. The van der Waals surface area contributed by atoms with E-state index in [1.165, 1.54) is 0 Å². The van der Waals surface area contributed by atoms with Gasteiger partial charge in [-0.1, -0.05) is 6.92 Å². The van der Waals surface area contributed by atoms with E-state index in [0.717, 1.165) is 44.5 Å². The Morgan fingerprint density at radius 2 is 2.48 bits per heavy atom. The van der Waals surface area contributed by atoms with Gasteiger partial charge in [0.1, 0.15) is 0 Å². The van der Waals surface area contributed by atoms with Gasteiger partial charge in [-0.05, 0) is 38.1 Å². The Morgan fingerprint density at radius 1 is 1.62 bits per heavy atom. The quantitative estimate of drug-likeness (QED) is 0.765. The molecule has 2 atom stereocenters. The fourth-order valence-corrected chi connectivity index (χ4v) is 2.55. The fraction of sp³-hybridized carbons (Fsp3) is 0.733. The number of amides is 1. The number of nitrogens with zero attached hydrogens (tertiary/aromatic N) is 2. The Labute approximate surface area is 126 Å². The summed E-state index contributed by atoms with van der Waals surface area (Å²) in [6.45, 7) is 4.40. The van der Waals surface area contributed by atoms with Crippen molar-refractivity contribution in [2.45, 2.75) is 51.7 Å². The van der Waals surface area contributed by atoms with Crippen LogP contribution in [0, 0.1) is 5.92 Å². The van der Waals surface area contributed by atoms with E-state index in [1.807, 2.05) is 10.9 Å². The van der Waals surface area contributed by atoms with Gasteiger partial charge in [0.05, 0.1) is 24.5 Å². The van der Waals surface area contributed by atoms with Crippen LogP contribution in [0.1, 0.15) is 39.0 Å². The molecule has 21 heavy (non-hydrogen) atoms. The second kappa shape index (κ2) is 8.14. The standard InChI is InChI=1S/C15H26N4O2/c1-12(6-7-16)4-5-15(20)18-13-9-17-19(10-13)11-14-3-2-8-21-14/h9-10,12,14H,2-8,11,16H2,1H3,(H,18,20). The van der Waals surface area contributed by atoms with E-state index in [1.54, 1.807) is 6.20 Å². The molecule has 6 heteroatoms. The van der Waals surface area contributed by atoms with Crippen LogP contribution in [0.25, 0.3) is 0 Å². The first-order chi connectivity index (χ1) is 10.2. The lowest BCUT2D eigenvalue weighted by atomic mass is 10.0. The monoisotopic (exact) mass is 294 g/mol. The third kappa shape index (κ3) is 5.47. The summed E-state index contributed by atoms with van der Waals surface area (Å²) in [7, 11) is 0. The Balaban J connectivity index is 1.72. The third-order valence-corrected chi connectivity index (χ3v) is 3.86. The van der Waals surface area contributed by atoms with Crippen LogP contribution in [0.2, 0.25) is 0 Å². The average Bonchev–Trinajstić information content (AvgIpc) is 3.10. The molecular weight excluding hydrogens is 268 g/mol. The van der Waals surface area contributed by atoms with Crippen molar-refractivity contribution in [1.82, 2.24) is 9.78 Å². The second-order valence-electron chi connectivity index (χ2n) is 5.86. The predicted molar refractivity (Wildman–Crippen MR) is 81.9 cm³/mol. The van der Waals surface area contributed by atoms with E-state index in [2.05, 4.69) is 17.3 Å². The maximum Gasteiger partial charge on any atom is 0.224 e. The Bertz CT molecular complexity index is 441. The van der Waals surface area contributed by atoms with E-state index in [4.69, 9.17) is 10.5 Å². The van der Waals surface area contributed by atoms with Gasteiger partial charge in [-0.2, -0.15) is 5.10 Å². The molecule has 2 heterocycles. The van der Waals surface area contributed by atoms with Crippen LogP contribution < -0.4 is 11.1 Å². The fourth-order valence-electron chi connectivity index (χ4n) is 2.55. The molecule has 2 unspecified atom stereocenters. The number of nitrogens with one attached hydrogen (secondary N) is 1. The molecule has 0 saturated carbocycles. The molecule has 1 amide bonds. The molecule has 1 aliphatic heterocycles. The van der Waals surface area contributed by atoms with Gasteiger partial charge in [-0.3, -0.25) is 9.48 Å². The first-order valence-electron chi connectivity index (χ1n) is 7.81. The van der Waals surface area contributed by atoms with E-state index < -0.39 is 0 Å². The molecule has 0 radical (unpaired) electrons. The summed E-state index contributed by atoms with van der Waals surface area (Å²) in [5.74, 6) is 0.526. The van der Waals surface area contributed by atoms with Crippen LogP contribution in [0.4, 0.5) is 5.69 Å². The highest BCUT2D eigenvalue weighted by Gasteiger charge is 2.16. The van der Waals surface area contributed by atoms with Crippen LogP contribution in [0.5, 0.6) is 0 Å². The predicted octanol–water partition coefficient (Wildman–Crippen LogP) is 1.77. The molecule has 1 aromatic rings.